The van der Waals surface area contributed by atoms with E-state index in [9.17, 15) is 4.79 Å². The number of anilines is 1. The van der Waals surface area contributed by atoms with Crippen molar-refractivity contribution in [1.29, 1.82) is 10.8 Å². The fourth-order valence-electron chi connectivity index (χ4n) is 3.59. The maximum absolute atomic E-state index is 12.4. The third-order valence-corrected chi connectivity index (χ3v) is 5.16. The van der Waals surface area contributed by atoms with E-state index in [2.05, 4.69) is 20.6 Å². The van der Waals surface area contributed by atoms with Gasteiger partial charge in [0.25, 0.3) is 0 Å². The Balaban J connectivity index is 1.75. The molecule has 0 unspecified atom stereocenters. The molecular weight excluding hydrogens is 394 g/mol. The van der Waals surface area contributed by atoms with Crippen molar-refractivity contribution in [2.24, 2.45) is 0 Å². The van der Waals surface area contributed by atoms with Gasteiger partial charge in [-0.3, -0.25) is 20.6 Å². The van der Waals surface area contributed by atoms with Crippen molar-refractivity contribution in [2.45, 2.75) is 39.3 Å². The zero-order valence-electron chi connectivity index (χ0n) is 18.2. The summed E-state index contributed by atoms with van der Waals surface area (Å²) in [5, 5.41) is 22.5. The highest BCUT2D eigenvalue weighted by Crippen LogP contribution is 2.24. The summed E-state index contributed by atoms with van der Waals surface area (Å²) in [6, 6.07) is 7.10. The summed E-state index contributed by atoms with van der Waals surface area (Å²) in [6.07, 6.45) is 3.25. The van der Waals surface area contributed by atoms with Crippen molar-refractivity contribution in [3.8, 4) is 0 Å². The molecule has 1 amide bonds. The van der Waals surface area contributed by atoms with Gasteiger partial charge in [-0.05, 0) is 51.4 Å². The molecule has 0 bridgehead atoms. The van der Waals surface area contributed by atoms with Gasteiger partial charge < -0.3 is 20.3 Å². The highest BCUT2D eigenvalue weighted by atomic mass is 16.5. The van der Waals surface area contributed by atoms with Crippen molar-refractivity contribution in [3.63, 3.8) is 0 Å². The number of nitrogens with zero attached hydrogens (tertiary/aromatic N) is 3. The Morgan fingerprint density at radius 1 is 1.26 bits per heavy atom. The van der Waals surface area contributed by atoms with Crippen LogP contribution in [-0.2, 0) is 16.1 Å². The van der Waals surface area contributed by atoms with Gasteiger partial charge in [0.2, 0.25) is 17.7 Å². The number of carbonyl (C=O) groups excluding carboxylic acids is 1. The van der Waals surface area contributed by atoms with Crippen LogP contribution in [0.4, 0.5) is 5.82 Å². The predicted molar refractivity (Wildman–Crippen MR) is 120 cm³/mol. The largest absolute Gasteiger partial charge is 0.419 e. The molecule has 1 aliphatic rings. The number of benzene rings is 1. The molecule has 0 aliphatic carbocycles. The highest BCUT2D eigenvalue weighted by molar-refractivity contribution is 6.04. The Kier molecular flexibility index (Phi) is 7.30. The van der Waals surface area contributed by atoms with Gasteiger partial charge in [-0.1, -0.05) is 12.1 Å². The molecule has 31 heavy (non-hydrogen) atoms. The van der Waals surface area contributed by atoms with Crippen LogP contribution in [0.1, 0.15) is 42.3 Å². The third kappa shape index (κ3) is 5.24. The molecule has 4 N–H and O–H groups in total. The SMILES string of the molecule is CCNC(=O)[C@H]1CCCN1c1cnc(C)c(C(=N)OC(=N)c2ccc(CNC)cc2)n1. The van der Waals surface area contributed by atoms with Gasteiger partial charge in [0, 0.05) is 25.2 Å². The Labute approximate surface area is 182 Å². The first kappa shape index (κ1) is 22.4. The number of ether oxygens (including phenoxy) is 1. The lowest BCUT2D eigenvalue weighted by molar-refractivity contribution is -0.122. The molecule has 1 fully saturated rings. The lowest BCUT2D eigenvalue weighted by Gasteiger charge is -2.25. The number of nitrogens with one attached hydrogen (secondary N) is 4. The van der Waals surface area contributed by atoms with Crippen LogP contribution < -0.4 is 15.5 Å². The standard InChI is InChI=1S/C22H29N7O2/c1-4-26-22(30)17-6-5-11-29(17)18-13-27-14(2)19(28-18)21(24)31-20(23)16-9-7-15(8-10-16)12-25-3/h7-10,13,17,23-25H,4-6,11-12H2,1-3H3,(H,26,30)/t17-/m1/s1. The van der Waals surface area contributed by atoms with Crippen LogP contribution in [0.25, 0.3) is 0 Å². The lowest BCUT2D eigenvalue weighted by Crippen LogP contribution is -2.43. The summed E-state index contributed by atoms with van der Waals surface area (Å²) in [4.78, 5) is 23.2. The van der Waals surface area contributed by atoms with Gasteiger partial charge in [0.15, 0.2) is 0 Å². The Bertz CT molecular complexity index is 959. The zero-order chi connectivity index (χ0) is 22.4. The van der Waals surface area contributed by atoms with Crippen LogP contribution in [0.2, 0.25) is 0 Å². The van der Waals surface area contributed by atoms with Gasteiger partial charge in [-0.2, -0.15) is 0 Å². The molecule has 1 aliphatic heterocycles. The number of carbonyl (C=O) groups is 1. The Morgan fingerprint density at radius 2 is 2.00 bits per heavy atom. The lowest BCUT2D eigenvalue weighted by atomic mass is 10.1. The second-order valence-corrected chi connectivity index (χ2v) is 7.40. The number of hydrogen-bond donors (Lipinski definition) is 4. The van der Waals surface area contributed by atoms with E-state index in [0.29, 0.717) is 30.2 Å². The monoisotopic (exact) mass is 423 g/mol. The average Bonchev–Trinajstić information content (AvgIpc) is 3.25. The first-order valence-corrected chi connectivity index (χ1v) is 10.4. The molecule has 9 nitrogen and oxygen atoms in total. The van der Waals surface area contributed by atoms with Crippen molar-refractivity contribution in [2.75, 3.05) is 25.0 Å². The summed E-state index contributed by atoms with van der Waals surface area (Å²) in [6.45, 7) is 5.64. The van der Waals surface area contributed by atoms with Gasteiger partial charge in [0.1, 0.15) is 17.6 Å². The predicted octanol–water partition coefficient (Wildman–Crippen LogP) is 1.98. The van der Waals surface area contributed by atoms with Gasteiger partial charge in [-0.15, -0.1) is 0 Å². The van der Waals surface area contributed by atoms with Crippen molar-refractivity contribution < 1.29 is 9.53 Å². The van der Waals surface area contributed by atoms with Gasteiger partial charge in [-0.25, -0.2) is 4.98 Å². The van der Waals surface area contributed by atoms with E-state index >= 15 is 0 Å². The van der Waals surface area contributed by atoms with Crippen LogP contribution in [0.3, 0.4) is 0 Å². The summed E-state index contributed by atoms with van der Waals surface area (Å²) < 4.78 is 5.48. The molecule has 2 aromatic rings. The summed E-state index contributed by atoms with van der Waals surface area (Å²) in [5.74, 6) is 0.128. The van der Waals surface area contributed by atoms with E-state index in [-0.39, 0.29) is 29.4 Å². The second-order valence-electron chi connectivity index (χ2n) is 7.40. The molecule has 0 spiro atoms. The summed E-state index contributed by atoms with van der Waals surface area (Å²) >= 11 is 0. The van der Waals surface area contributed by atoms with E-state index in [1.165, 1.54) is 0 Å². The van der Waals surface area contributed by atoms with Crippen LogP contribution >= 0.6 is 0 Å². The number of rotatable bonds is 7. The van der Waals surface area contributed by atoms with Crippen molar-refractivity contribution in [1.82, 2.24) is 20.6 Å². The number of amides is 1. The molecule has 0 saturated carbocycles. The molecule has 3 rings (SSSR count). The average molecular weight is 424 g/mol. The third-order valence-electron chi connectivity index (χ3n) is 5.16. The van der Waals surface area contributed by atoms with E-state index in [1.54, 1.807) is 25.3 Å². The van der Waals surface area contributed by atoms with E-state index in [4.69, 9.17) is 15.6 Å². The van der Waals surface area contributed by atoms with Crippen molar-refractivity contribution in [3.05, 3.63) is 53.0 Å². The van der Waals surface area contributed by atoms with Gasteiger partial charge >= 0.3 is 0 Å². The topological polar surface area (TPSA) is 127 Å². The maximum atomic E-state index is 12.4. The zero-order valence-corrected chi connectivity index (χ0v) is 18.2. The molecule has 1 atom stereocenters. The molecule has 9 heteroatoms. The molecule has 1 saturated heterocycles. The van der Waals surface area contributed by atoms with Crippen LogP contribution in [0.5, 0.6) is 0 Å². The van der Waals surface area contributed by atoms with Crippen LogP contribution in [0.15, 0.2) is 30.5 Å². The molecular formula is C22H29N7O2. The fourth-order valence-corrected chi connectivity index (χ4v) is 3.59. The van der Waals surface area contributed by atoms with E-state index < -0.39 is 0 Å². The maximum Gasteiger partial charge on any atom is 0.242 e. The van der Waals surface area contributed by atoms with E-state index in [0.717, 1.165) is 24.9 Å². The van der Waals surface area contributed by atoms with Gasteiger partial charge in [0.05, 0.1) is 11.9 Å². The first-order chi connectivity index (χ1) is 14.9. The smallest absolute Gasteiger partial charge is 0.242 e. The van der Waals surface area contributed by atoms with E-state index in [1.807, 2.05) is 31.0 Å². The fraction of sp³-hybridized carbons (Fsp3) is 0.409. The number of likely N-dealkylation sites (N-methyl/N-ethyl adjacent to an activating group) is 1. The molecule has 164 valence electrons. The molecule has 1 aromatic carbocycles. The summed E-state index contributed by atoms with van der Waals surface area (Å²) in [7, 11) is 1.87. The number of hydrogen-bond acceptors (Lipinski definition) is 8. The molecule has 0 radical (unpaired) electrons. The highest BCUT2D eigenvalue weighted by Gasteiger charge is 2.32. The number of aryl methyl sites for hydroxylation is 1. The van der Waals surface area contributed by atoms with Crippen LogP contribution in [-0.4, -0.2) is 53.8 Å². The van der Waals surface area contributed by atoms with Crippen LogP contribution in [0, 0.1) is 17.7 Å². The number of aromatic nitrogens is 2. The second kappa shape index (κ2) is 10.1. The Hall–Kier alpha value is -3.33. The minimum atomic E-state index is -0.297. The molecule has 2 heterocycles. The summed E-state index contributed by atoms with van der Waals surface area (Å²) in [5.41, 5.74) is 2.45. The molecule has 1 aromatic heterocycles. The minimum Gasteiger partial charge on any atom is -0.419 e. The van der Waals surface area contributed by atoms with Crippen molar-refractivity contribution >= 4 is 23.5 Å². The quantitative estimate of drug-likeness (QED) is 0.398. The minimum absolute atomic E-state index is 0.0289. The Morgan fingerprint density at radius 3 is 2.68 bits per heavy atom. The normalized spacial score (nSPS) is 15.6. The first-order valence-electron chi connectivity index (χ1n) is 10.4.